The van der Waals surface area contributed by atoms with E-state index in [2.05, 4.69) is 72.1 Å². The minimum atomic E-state index is 0.305. The molecule has 0 amide bonds. The first kappa shape index (κ1) is 15.7. The third-order valence-corrected chi connectivity index (χ3v) is 5.22. The van der Waals surface area contributed by atoms with E-state index >= 15 is 0 Å². The number of aryl methyl sites for hydroxylation is 3. The van der Waals surface area contributed by atoms with Gasteiger partial charge in [0, 0.05) is 21.8 Å². The van der Waals surface area contributed by atoms with Crippen molar-refractivity contribution in [3.63, 3.8) is 0 Å². The highest BCUT2D eigenvalue weighted by Gasteiger charge is 2.16. The summed E-state index contributed by atoms with van der Waals surface area (Å²) in [6, 6.07) is 6.86. The Morgan fingerprint density at radius 3 is 2.60 bits per heavy atom. The number of aromatic nitrogens is 1. The van der Waals surface area contributed by atoms with E-state index < -0.39 is 0 Å². The summed E-state index contributed by atoms with van der Waals surface area (Å²) >= 11 is 5.50. The molecule has 1 aromatic carbocycles. The van der Waals surface area contributed by atoms with Gasteiger partial charge in [0.1, 0.15) is 0 Å². The zero-order valence-electron chi connectivity index (χ0n) is 12.5. The summed E-state index contributed by atoms with van der Waals surface area (Å²) in [4.78, 5) is 5.99. The first-order valence-electron chi connectivity index (χ1n) is 6.93. The van der Waals surface area contributed by atoms with Gasteiger partial charge in [0.15, 0.2) is 0 Å². The average Bonchev–Trinajstić information content (AvgIpc) is 2.68. The Balaban J connectivity index is 2.26. The Morgan fingerprint density at radius 2 is 2.05 bits per heavy atom. The Labute approximate surface area is 133 Å². The van der Waals surface area contributed by atoms with Gasteiger partial charge >= 0.3 is 0 Å². The van der Waals surface area contributed by atoms with Crippen molar-refractivity contribution in [2.45, 2.75) is 40.2 Å². The molecule has 1 aromatic heterocycles. The van der Waals surface area contributed by atoms with Gasteiger partial charge in [0.25, 0.3) is 0 Å². The van der Waals surface area contributed by atoms with Crippen LogP contribution in [0.2, 0.25) is 0 Å². The maximum atomic E-state index is 4.67. The number of likely N-dealkylation sites (N-methyl/N-ethyl adjacent to an activating group) is 1. The van der Waals surface area contributed by atoms with Crippen LogP contribution in [0.15, 0.2) is 22.7 Å². The first-order chi connectivity index (χ1) is 9.51. The number of thiazole rings is 1. The van der Waals surface area contributed by atoms with Crippen molar-refractivity contribution in [2.24, 2.45) is 0 Å². The van der Waals surface area contributed by atoms with Crippen LogP contribution in [0, 0.1) is 20.8 Å². The van der Waals surface area contributed by atoms with Crippen molar-refractivity contribution in [3.8, 4) is 0 Å². The lowest BCUT2D eigenvalue weighted by Gasteiger charge is -2.19. The molecule has 0 saturated heterocycles. The van der Waals surface area contributed by atoms with E-state index in [0.717, 1.165) is 18.7 Å². The first-order valence-corrected chi connectivity index (χ1v) is 8.54. The second-order valence-electron chi connectivity index (χ2n) is 5.09. The third kappa shape index (κ3) is 3.68. The van der Waals surface area contributed by atoms with E-state index in [-0.39, 0.29) is 0 Å². The molecular weight excluding hydrogens is 332 g/mol. The number of halogens is 1. The fourth-order valence-corrected chi connectivity index (χ4v) is 4.00. The molecule has 0 bridgehead atoms. The Hall–Kier alpha value is -0.710. The van der Waals surface area contributed by atoms with Crippen LogP contribution in [0.3, 0.4) is 0 Å². The van der Waals surface area contributed by atoms with Crippen molar-refractivity contribution < 1.29 is 0 Å². The quantitative estimate of drug-likeness (QED) is 0.841. The van der Waals surface area contributed by atoms with Gasteiger partial charge < -0.3 is 5.32 Å². The van der Waals surface area contributed by atoms with Gasteiger partial charge in [-0.2, -0.15) is 0 Å². The summed E-state index contributed by atoms with van der Waals surface area (Å²) in [7, 11) is 0. The van der Waals surface area contributed by atoms with E-state index in [4.69, 9.17) is 0 Å². The lowest BCUT2D eigenvalue weighted by Crippen LogP contribution is -2.23. The molecule has 2 aromatic rings. The van der Waals surface area contributed by atoms with Crippen LogP contribution < -0.4 is 5.32 Å². The van der Waals surface area contributed by atoms with Crippen LogP contribution in [0.25, 0.3) is 0 Å². The van der Waals surface area contributed by atoms with Gasteiger partial charge in [-0.05, 0) is 44.5 Å². The Bertz CT molecular complexity index is 573. The van der Waals surface area contributed by atoms with Crippen LogP contribution in [-0.2, 0) is 6.42 Å². The van der Waals surface area contributed by atoms with Crippen LogP contribution in [0.4, 0.5) is 0 Å². The molecule has 0 radical (unpaired) electrons. The average molecular weight is 353 g/mol. The van der Waals surface area contributed by atoms with Crippen LogP contribution in [0.5, 0.6) is 0 Å². The molecule has 20 heavy (non-hydrogen) atoms. The van der Waals surface area contributed by atoms with E-state index in [1.54, 1.807) is 11.3 Å². The van der Waals surface area contributed by atoms with Crippen LogP contribution in [-0.4, -0.2) is 11.5 Å². The fraction of sp³-hybridized carbons (Fsp3) is 0.438. The monoisotopic (exact) mass is 352 g/mol. The second kappa shape index (κ2) is 6.83. The molecule has 108 valence electrons. The second-order valence-corrected chi connectivity index (χ2v) is 7.23. The van der Waals surface area contributed by atoms with E-state index in [1.807, 2.05) is 0 Å². The molecule has 1 heterocycles. The number of rotatable bonds is 5. The molecule has 1 atom stereocenters. The molecule has 0 spiro atoms. The number of nitrogens with zero attached hydrogens (tertiary/aromatic N) is 1. The van der Waals surface area contributed by atoms with Crippen LogP contribution in [0.1, 0.15) is 39.7 Å². The predicted molar refractivity (Wildman–Crippen MR) is 90.6 cm³/mol. The maximum Gasteiger partial charge on any atom is 0.0949 e. The topological polar surface area (TPSA) is 24.9 Å². The highest BCUT2D eigenvalue weighted by atomic mass is 79.9. The minimum absolute atomic E-state index is 0.305. The number of benzene rings is 1. The van der Waals surface area contributed by atoms with Crippen molar-refractivity contribution in [1.82, 2.24) is 10.3 Å². The van der Waals surface area contributed by atoms with E-state index in [0.29, 0.717) is 6.04 Å². The molecular formula is C16H21BrN2S. The fourth-order valence-electron chi connectivity index (χ4n) is 2.25. The van der Waals surface area contributed by atoms with Gasteiger partial charge in [-0.3, -0.25) is 0 Å². The predicted octanol–water partition coefficient (Wildman–Crippen LogP) is 4.72. The number of nitrogens with one attached hydrogen (secondary N) is 1. The van der Waals surface area contributed by atoms with E-state index in [9.17, 15) is 0 Å². The van der Waals surface area contributed by atoms with Crippen molar-refractivity contribution in [2.75, 3.05) is 6.54 Å². The lowest BCUT2D eigenvalue weighted by molar-refractivity contribution is 0.546. The molecule has 0 saturated carbocycles. The molecule has 1 N–H and O–H groups in total. The molecule has 2 rings (SSSR count). The molecule has 0 aliphatic heterocycles. The maximum absolute atomic E-state index is 4.67. The van der Waals surface area contributed by atoms with Crippen molar-refractivity contribution in [3.05, 3.63) is 49.4 Å². The van der Waals surface area contributed by atoms with Gasteiger partial charge in [0.05, 0.1) is 10.7 Å². The summed E-state index contributed by atoms with van der Waals surface area (Å²) in [5.41, 5.74) is 3.74. The lowest BCUT2D eigenvalue weighted by atomic mass is 10.0. The number of hydrogen-bond acceptors (Lipinski definition) is 3. The van der Waals surface area contributed by atoms with Crippen molar-refractivity contribution in [1.29, 1.82) is 0 Å². The van der Waals surface area contributed by atoms with Gasteiger partial charge in [-0.25, -0.2) is 4.98 Å². The number of hydrogen-bond donors (Lipinski definition) is 1. The third-order valence-electron chi connectivity index (χ3n) is 3.43. The van der Waals surface area contributed by atoms with Gasteiger partial charge in [0.2, 0.25) is 0 Å². The molecule has 4 heteroatoms. The normalized spacial score (nSPS) is 12.7. The zero-order chi connectivity index (χ0) is 14.7. The molecule has 0 fully saturated rings. The summed E-state index contributed by atoms with van der Waals surface area (Å²) in [6.07, 6.45) is 0.939. The SMILES string of the molecule is CCNC(Cc1nc(C)c(C)s1)c1ccc(C)cc1Br. The molecule has 2 nitrogen and oxygen atoms in total. The Kier molecular flexibility index (Phi) is 5.35. The summed E-state index contributed by atoms with van der Waals surface area (Å²) in [6.45, 7) is 9.44. The highest BCUT2D eigenvalue weighted by molar-refractivity contribution is 9.10. The summed E-state index contributed by atoms with van der Waals surface area (Å²) in [5, 5.41) is 4.78. The van der Waals surface area contributed by atoms with Crippen LogP contribution >= 0.6 is 27.3 Å². The van der Waals surface area contributed by atoms with Crippen molar-refractivity contribution >= 4 is 27.3 Å². The summed E-state index contributed by atoms with van der Waals surface area (Å²) in [5.74, 6) is 0. The largest absolute Gasteiger partial charge is 0.310 e. The molecule has 0 aliphatic carbocycles. The molecule has 0 aliphatic rings. The smallest absolute Gasteiger partial charge is 0.0949 e. The van der Waals surface area contributed by atoms with Gasteiger partial charge in [-0.15, -0.1) is 11.3 Å². The molecule has 1 unspecified atom stereocenters. The standard InChI is InChI=1S/C16H21BrN2S/c1-5-18-15(9-16-19-11(3)12(4)20-16)13-7-6-10(2)8-14(13)17/h6-8,15,18H,5,9H2,1-4H3. The zero-order valence-corrected chi connectivity index (χ0v) is 14.9. The van der Waals surface area contributed by atoms with Gasteiger partial charge in [-0.1, -0.05) is 35.0 Å². The van der Waals surface area contributed by atoms with E-state index in [1.165, 1.54) is 25.5 Å². The Morgan fingerprint density at radius 1 is 1.30 bits per heavy atom. The highest BCUT2D eigenvalue weighted by Crippen LogP contribution is 2.29. The minimum Gasteiger partial charge on any atom is -0.310 e. The summed E-state index contributed by atoms with van der Waals surface area (Å²) < 4.78 is 1.17.